The molecule has 1 aromatic heterocycles. The second-order valence-corrected chi connectivity index (χ2v) is 5.05. The highest BCUT2D eigenvalue weighted by molar-refractivity contribution is 6.35. The molecular weight excluding hydrogens is 284 g/mol. The van der Waals surface area contributed by atoms with Gasteiger partial charge in [-0.3, -0.25) is 0 Å². The molecule has 4 heteroatoms. The number of ether oxygens (including phenoxy) is 1. The highest BCUT2D eigenvalue weighted by Gasteiger charge is 2.07. The van der Waals surface area contributed by atoms with Crippen molar-refractivity contribution < 1.29 is 4.74 Å². The molecule has 0 spiro atoms. The number of hydrogen-bond acceptors (Lipinski definition) is 3. The van der Waals surface area contributed by atoms with Gasteiger partial charge in [0.05, 0.1) is 0 Å². The zero-order valence-electron chi connectivity index (χ0n) is 11.6. The van der Waals surface area contributed by atoms with E-state index < -0.39 is 0 Å². The van der Waals surface area contributed by atoms with Crippen LogP contribution in [-0.4, -0.2) is 12.0 Å². The minimum absolute atomic E-state index is 0.454. The molecule has 0 bridgehead atoms. The highest BCUT2D eigenvalue weighted by Crippen LogP contribution is 2.31. The van der Waals surface area contributed by atoms with Gasteiger partial charge >= 0.3 is 0 Å². The van der Waals surface area contributed by atoms with Crippen LogP contribution in [0.4, 0.5) is 5.82 Å². The van der Waals surface area contributed by atoms with Crippen LogP contribution >= 0.6 is 11.6 Å². The van der Waals surface area contributed by atoms with Gasteiger partial charge in [0.2, 0.25) is 0 Å². The molecule has 0 atom stereocenters. The van der Waals surface area contributed by atoms with Crippen molar-refractivity contribution in [1.29, 1.82) is 0 Å². The van der Waals surface area contributed by atoms with Crippen LogP contribution in [0.2, 0.25) is 5.02 Å². The number of nitrogens with zero attached hydrogens (tertiary/aromatic N) is 1. The van der Waals surface area contributed by atoms with Gasteiger partial charge in [-0.2, -0.15) is 0 Å². The quantitative estimate of drug-likeness (QED) is 0.769. The van der Waals surface area contributed by atoms with E-state index in [2.05, 4.69) is 10.3 Å². The molecule has 2 aromatic carbocycles. The Morgan fingerprint density at radius 3 is 2.67 bits per heavy atom. The summed E-state index contributed by atoms with van der Waals surface area (Å²) in [6.07, 6.45) is 1.76. The summed E-state index contributed by atoms with van der Waals surface area (Å²) in [5.74, 6) is 1.65. The lowest BCUT2D eigenvalue weighted by Crippen LogP contribution is -2.02. The van der Waals surface area contributed by atoms with Crippen molar-refractivity contribution in [2.45, 2.75) is 6.61 Å². The molecule has 0 radical (unpaired) electrons. The maximum absolute atomic E-state index is 6.22. The molecule has 3 aromatic rings. The molecule has 0 aliphatic rings. The van der Waals surface area contributed by atoms with Gasteiger partial charge in [-0.15, -0.1) is 0 Å². The third kappa shape index (κ3) is 2.78. The third-order valence-corrected chi connectivity index (χ3v) is 3.67. The zero-order valence-corrected chi connectivity index (χ0v) is 12.4. The first-order chi connectivity index (χ1) is 10.3. The van der Waals surface area contributed by atoms with Gasteiger partial charge in [0.15, 0.2) is 0 Å². The molecule has 3 rings (SSSR count). The van der Waals surface area contributed by atoms with Crippen molar-refractivity contribution in [3.05, 3.63) is 65.3 Å². The van der Waals surface area contributed by atoms with Crippen molar-refractivity contribution in [2.24, 2.45) is 0 Å². The summed E-state index contributed by atoms with van der Waals surface area (Å²) < 4.78 is 5.96. The topological polar surface area (TPSA) is 34.2 Å². The molecule has 21 heavy (non-hydrogen) atoms. The predicted molar refractivity (Wildman–Crippen MR) is 87.1 cm³/mol. The SMILES string of the molecule is CNc1ncccc1COc1ccc(Cl)c2ccccc12. The summed E-state index contributed by atoms with van der Waals surface area (Å²) in [5, 5.41) is 5.81. The molecule has 0 saturated carbocycles. The van der Waals surface area contributed by atoms with E-state index in [9.17, 15) is 0 Å². The fourth-order valence-electron chi connectivity index (χ4n) is 2.30. The highest BCUT2D eigenvalue weighted by atomic mass is 35.5. The maximum atomic E-state index is 6.22. The fraction of sp³-hybridized carbons (Fsp3) is 0.118. The number of benzene rings is 2. The summed E-state index contributed by atoms with van der Waals surface area (Å²) in [4.78, 5) is 4.27. The summed E-state index contributed by atoms with van der Waals surface area (Å²) in [7, 11) is 1.85. The summed E-state index contributed by atoms with van der Waals surface area (Å²) >= 11 is 6.22. The van der Waals surface area contributed by atoms with Crippen LogP contribution in [0.1, 0.15) is 5.56 Å². The van der Waals surface area contributed by atoms with Gasteiger partial charge in [-0.05, 0) is 18.2 Å². The van der Waals surface area contributed by atoms with Gasteiger partial charge in [0.25, 0.3) is 0 Å². The van der Waals surface area contributed by atoms with Crippen LogP contribution in [0, 0.1) is 0 Å². The Kier molecular flexibility index (Phi) is 3.93. The van der Waals surface area contributed by atoms with Crippen LogP contribution in [0.25, 0.3) is 10.8 Å². The smallest absolute Gasteiger partial charge is 0.132 e. The van der Waals surface area contributed by atoms with E-state index in [1.54, 1.807) is 6.20 Å². The molecular formula is C17H15ClN2O. The zero-order chi connectivity index (χ0) is 14.7. The van der Waals surface area contributed by atoms with Gasteiger partial charge < -0.3 is 10.1 Å². The van der Waals surface area contributed by atoms with Crippen molar-refractivity contribution in [3.63, 3.8) is 0 Å². The first kappa shape index (κ1) is 13.7. The van der Waals surface area contributed by atoms with Gasteiger partial charge in [0, 0.05) is 34.6 Å². The van der Waals surface area contributed by atoms with Crippen LogP contribution in [-0.2, 0) is 6.61 Å². The largest absolute Gasteiger partial charge is 0.488 e. The normalized spacial score (nSPS) is 10.6. The van der Waals surface area contributed by atoms with Crippen LogP contribution in [0.5, 0.6) is 5.75 Å². The number of aromatic nitrogens is 1. The standard InChI is InChI=1S/C17H15ClN2O/c1-19-17-12(5-4-10-20-17)11-21-16-9-8-15(18)13-6-2-3-7-14(13)16/h2-10H,11H2,1H3,(H,19,20). The molecule has 3 nitrogen and oxygen atoms in total. The fourth-order valence-corrected chi connectivity index (χ4v) is 2.52. The van der Waals surface area contributed by atoms with E-state index >= 15 is 0 Å². The Labute approximate surface area is 128 Å². The monoisotopic (exact) mass is 298 g/mol. The van der Waals surface area contributed by atoms with Crippen molar-refractivity contribution in [3.8, 4) is 5.75 Å². The molecule has 0 aliphatic heterocycles. The van der Waals surface area contributed by atoms with Gasteiger partial charge in [0.1, 0.15) is 18.2 Å². The van der Waals surface area contributed by atoms with Gasteiger partial charge in [-0.25, -0.2) is 4.98 Å². The van der Waals surface area contributed by atoms with Crippen molar-refractivity contribution >= 4 is 28.2 Å². The summed E-state index contributed by atoms with van der Waals surface area (Å²) in [6.45, 7) is 0.454. The Morgan fingerprint density at radius 2 is 1.86 bits per heavy atom. The lowest BCUT2D eigenvalue weighted by molar-refractivity contribution is 0.310. The Balaban J connectivity index is 1.91. The van der Waals surface area contributed by atoms with Crippen molar-refractivity contribution in [1.82, 2.24) is 4.98 Å². The van der Waals surface area contributed by atoms with Crippen LogP contribution in [0.3, 0.4) is 0 Å². The molecule has 0 unspecified atom stereocenters. The van der Waals surface area contributed by atoms with Crippen LogP contribution in [0.15, 0.2) is 54.7 Å². The first-order valence-corrected chi connectivity index (χ1v) is 7.09. The van der Waals surface area contributed by atoms with E-state index in [0.29, 0.717) is 6.61 Å². The number of fused-ring (bicyclic) bond motifs is 1. The maximum Gasteiger partial charge on any atom is 0.132 e. The Bertz CT molecular complexity index is 774. The number of hydrogen-bond donors (Lipinski definition) is 1. The second kappa shape index (κ2) is 6.02. The number of anilines is 1. The Morgan fingerprint density at radius 1 is 1.05 bits per heavy atom. The minimum atomic E-state index is 0.454. The summed E-state index contributed by atoms with van der Waals surface area (Å²) in [5.41, 5.74) is 1.01. The molecule has 1 N–H and O–H groups in total. The van der Waals surface area contributed by atoms with Gasteiger partial charge in [-0.1, -0.05) is 41.9 Å². The van der Waals surface area contributed by atoms with E-state index in [4.69, 9.17) is 16.3 Å². The van der Waals surface area contributed by atoms with E-state index in [-0.39, 0.29) is 0 Å². The minimum Gasteiger partial charge on any atom is -0.488 e. The lowest BCUT2D eigenvalue weighted by atomic mass is 10.1. The third-order valence-electron chi connectivity index (χ3n) is 3.34. The predicted octanol–water partition coefficient (Wildman–Crippen LogP) is 4.51. The van der Waals surface area contributed by atoms with E-state index in [1.165, 1.54) is 0 Å². The van der Waals surface area contributed by atoms with E-state index in [0.717, 1.165) is 32.9 Å². The molecule has 0 saturated heterocycles. The molecule has 106 valence electrons. The first-order valence-electron chi connectivity index (χ1n) is 6.71. The number of nitrogens with one attached hydrogen (secondary N) is 1. The molecule has 1 heterocycles. The molecule has 0 amide bonds. The number of rotatable bonds is 4. The molecule has 0 fully saturated rings. The average Bonchev–Trinajstić information content (AvgIpc) is 2.55. The average molecular weight is 299 g/mol. The Hall–Kier alpha value is -2.26. The summed E-state index contributed by atoms with van der Waals surface area (Å²) in [6, 6.07) is 15.6. The number of pyridine rings is 1. The molecule has 0 aliphatic carbocycles. The lowest BCUT2D eigenvalue weighted by Gasteiger charge is -2.12. The number of halogens is 1. The van der Waals surface area contributed by atoms with E-state index in [1.807, 2.05) is 55.6 Å². The van der Waals surface area contributed by atoms with Crippen molar-refractivity contribution in [2.75, 3.05) is 12.4 Å². The second-order valence-electron chi connectivity index (χ2n) is 4.64. The van der Waals surface area contributed by atoms with Crippen LogP contribution < -0.4 is 10.1 Å².